The van der Waals surface area contributed by atoms with Crippen LogP contribution in [0.4, 0.5) is 0 Å². The quantitative estimate of drug-likeness (QED) is 0.296. The molecule has 1 aromatic rings. The van der Waals surface area contributed by atoms with Crippen molar-refractivity contribution >= 4 is 34.9 Å². The van der Waals surface area contributed by atoms with E-state index in [0.717, 1.165) is 51.4 Å². The molecule has 0 spiro atoms. The smallest absolute Gasteiger partial charge is 0.186 e. The summed E-state index contributed by atoms with van der Waals surface area (Å²) >= 11 is 6.81. The van der Waals surface area contributed by atoms with Crippen LogP contribution in [0.25, 0.3) is 0 Å². The van der Waals surface area contributed by atoms with E-state index >= 15 is 0 Å². The number of thiophene rings is 1. The highest BCUT2D eigenvalue weighted by molar-refractivity contribution is 7.80. The zero-order valence-corrected chi connectivity index (χ0v) is 13.1. The van der Waals surface area contributed by atoms with Crippen LogP contribution in [-0.2, 0) is 4.74 Å². The summed E-state index contributed by atoms with van der Waals surface area (Å²) < 4.78 is 5.34. The number of quaternary nitrogens is 1. The Bertz CT molecular complexity index is 416. The van der Waals surface area contributed by atoms with E-state index < -0.39 is 0 Å². The van der Waals surface area contributed by atoms with E-state index in [1.807, 2.05) is 16.8 Å². The maximum Gasteiger partial charge on any atom is 0.186 e. The molecule has 0 amide bonds. The lowest BCUT2D eigenvalue weighted by molar-refractivity contribution is -0.908. The number of morpholine rings is 1. The average molecular weight is 313 g/mol. The molecule has 0 aliphatic carbocycles. The minimum atomic E-state index is 0.577. The Hall–Kier alpha value is -1.02. The van der Waals surface area contributed by atoms with Crippen molar-refractivity contribution in [2.45, 2.75) is 6.42 Å². The van der Waals surface area contributed by atoms with Crippen molar-refractivity contribution < 1.29 is 9.64 Å². The summed E-state index contributed by atoms with van der Waals surface area (Å²) in [6, 6.07) is 2.01. The first-order chi connectivity index (χ1) is 9.84. The van der Waals surface area contributed by atoms with Crippen molar-refractivity contribution in [1.29, 1.82) is 0 Å². The number of rotatable bonds is 6. The first-order valence-corrected chi connectivity index (χ1v) is 8.20. The van der Waals surface area contributed by atoms with Gasteiger partial charge in [0.2, 0.25) is 0 Å². The standard InChI is InChI=1S/C13H20N4OS2/c19-13(16-15-10-12-2-9-20-11-12)14-3-1-4-17-5-7-18-8-6-17/h2,9-11H,1,3-8H2,(H2,14,16,19)/p+1. The summed E-state index contributed by atoms with van der Waals surface area (Å²) in [6.07, 6.45) is 2.87. The highest BCUT2D eigenvalue weighted by Crippen LogP contribution is 2.01. The van der Waals surface area contributed by atoms with Crippen molar-refractivity contribution in [1.82, 2.24) is 10.7 Å². The number of hydrazone groups is 1. The van der Waals surface area contributed by atoms with Crippen LogP contribution in [0.2, 0.25) is 0 Å². The molecular weight excluding hydrogens is 292 g/mol. The molecule has 20 heavy (non-hydrogen) atoms. The molecule has 0 radical (unpaired) electrons. The van der Waals surface area contributed by atoms with Gasteiger partial charge in [-0.1, -0.05) is 0 Å². The predicted molar refractivity (Wildman–Crippen MR) is 86.6 cm³/mol. The second-order valence-corrected chi connectivity index (χ2v) is 5.84. The fourth-order valence-corrected chi connectivity index (χ4v) is 2.77. The molecule has 7 heteroatoms. The summed E-state index contributed by atoms with van der Waals surface area (Å²) in [4.78, 5) is 1.62. The van der Waals surface area contributed by atoms with E-state index in [2.05, 4.69) is 15.8 Å². The third-order valence-electron chi connectivity index (χ3n) is 3.12. The van der Waals surface area contributed by atoms with E-state index in [0.29, 0.717) is 5.11 Å². The van der Waals surface area contributed by atoms with E-state index in [1.165, 1.54) is 0 Å². The summed E-state index contributed by atoms with van der Waals surface area (Å²) in [5, 5.41) is 11.9. The maximum absolute atomic E-state index is 5.34. The SMILES string of the molecule is S=C(NCCC[NH+]1CCOCC1)NN=Cc1ccsc1. The second-order valence-electron chi connectivity index (χ2n) is 4.65. The molecule has 0 bridgehead atoms. The first kappa shape index (κ1) is 15.4. The van der Waals surface area contributed by atoms with Gasteiger partial charge in [-0.15, -0.1) is 0 Å². The van der Waals surface area contributed by atoms with Crippen molar-refractivity contribution in [2.24, 2.45) is 5.10 Å². The molecule has 2 rings (SSSR count). The predicted octanol–water partition coefficient (Wildman–Crippen LogP) is -0.149. The van der Waals surface area contributed by atoms with Gasteiger partial charge in [-0.05, 0) is 29.0 Å². The highest BCUT2D eigenvalue weighted by Gasteiger charge is 2.12. The Morgan fingerprint density at radius 3 is 3.10 bits per heavy atom. The number of hydrogen-bond acceptors (Lipinski definition) is 4. The van der Waals surface area contributed by atoms with Gasteiger partial charge in [0.05, 0.1) is 26.0 Å². The summed E-state index contributed by atoms with van der Waals surface area (Å²) in [5.74, 6) is 0. The molecule has 2 heterocycles. The van der Waals surface area contributed by atoms with Crippen LogP contribution in [0.1, 0.15) is 12.0 Å². The Morgan fingerprint density at radius 2 is 2.35 bits per heavy atom. The van der Waals surface area contributed by atoms with Crippen LogP contribution in [0.15, 0.2) is 21.9 Å². The second kappa shape index (κ2) is 9.02. The number of thiocarbonyl (C=S) groups is 1. The molecule has 1 aromatic heterocycles. The van der Waals surface area contributed by atoms with Gasteiger partial charge in [0.25, 0.3) is 0 Å². The zero-order chi connectivity index (χ0) is 14.0. The van der Waals surface area contributed by atoms with E-state index in [9.17, 15) is 0 Å². The molecule has 1 aliphatic rings. The third kappa shape index (κ3) is 5.96. The van der Waals surface area contributed by atoms with Gasteiger partial charge in [-0.2, -0.15) is 16.4 Å². The van der Waals surface area contributed by atoms with Crippen molar-refractivity contribution in [3.63, 3.8) is 0 Å². The Balaban J connectivity index is 1.51. The van der Waals surface area contributed by atoms with Gasteiger partial charge < -0.3 is 15.0 Å². The zero-order valence-electron chi connectivity index (χ0n) is 11.4. The van der Waals surface area contributed by atoms with Gasteiger partial charge in [0.1, 0.15) is 13.1 Å². The molecular formula is C13H21N4OS2+. The van der Waals surface area contributed by atoms with Crippen LogP contribution in [0.3, 0.4) is 0 Å². The lowest BCUT2D eigenvalue weighted by Crippen LogP contribution is -3.14. The molecule has 110 valence electrons. The Kier molecular flexibility index (Phi) is 6.93. The summed E-state index contributed by atoms with van der Waals surface area (Å²) in [6.45, 7) is 6.06. The Morgan fingerprint density at radius 1 is 1.50 bits per heavy atom. The van der Waals surface area contributed by atoms with Crippen LogP contribution >= 0.6 is 23.6 Å². The topological polar surface area (TPSA) is 50.1 Å². The fourth-order valence-electron chi connectivity index (χ4n) is 2.00. The molecule has 0 unspecified atom stereocenters. The highest BCUT2D eigenvalue weighted by atomic mass is 32.1. The number of nitrogens with zero attached hydrogens (tertiary/aromatic N) is 1. The largest absolute Gasteiger partial charge is 0.370 e. The van der Waals surface area contributed by atoms with Gasteiger partial charge in [0, 0.05) is 18.5 Å². The summed E-state index contributed by atoms with van der Waals surface area (Å²) in [5.41, 5.74) is 3.91. The van der Waals surface area contributed by atoms with Crippen molar-refractivity contribution in [3.05, 3.63) is 22.4 Å². The minimum Gasteiger partial charge on any atom is -0.370 e. The van der Waals surface area contributed by atoms with Crippen LogP contribution in [-0.4, -0.2) is 50.7 Å². The maximum atomic E-state index is 5.34. The number of nitrogens with one attached hydrogen (secondary N) is 3. The van der Waals surface area contributed by atoms with Gasteiger partial charge >= 0.3 is 0 Å². The third-order valence-corrected chi connectivity index (χ3v) is 4.05. The normalized spacial score (nSPS) is 16.4. The average Bonchev–Trinajstić information content (AvgIpc) is 2.98. The fraction of sp³-hybridized carbons (Fsp3) is 0.538. The van der Waals surface area contributed by atoms with Gasteiger partial charge in [-0.3, -0.25) is 5.43 Å². The molecule has 0 saturated carbocycles. The van der Waals surface area contributed by atoms with E-state index in [1.54, 1.807) is 22.5 Å². The monoisotopic (exact) mass is 313 g/mol. The van der Waals surface area contributed by atoms with E-state index in [4.69, 9.17) is 17.0 Å². The lowest BCUT2D eigenvalue weighted by Gasteiger charge is -2.23. The van der Waals surface area contributed by atoms with Crippen molar-refractivity contribution in [2.75, 3.05) is 39.4 Å². The Labute approximate surface area is 129 Å². The van der Waals surface area contributed by atoms with Crippen LogP contribution < -0.4 is 15.6 Å². The molecule has 1 saturated heterocycles. The number of hydrogen-bond donors (Lipinski definition) is 3. The molecule has 0 atom stereocenters. The molecule has 1 aliphatic heterocycles. The first-order valence-electron chi connectivity index (χ1n) is 6.85. The minimum absolute atomic E-state index is 0.577. The molecule has 3 N–H and O–H groups in total. The van der Waals surface area contributed by atoms with Crippen LogP contribution in [0, 0.1) is 0 Å². The lowest BCUT2D eigenvalue weighted by atomic mass is 10.3. The molecule has 5 nitrogen and oxygen atoms in total. The summed E-state index contributed by atoms with van der Waals surface area (Å²) in [7, 11) is 0. The van der Waals surface area contributed by atoms with Crippen molar-refractivity contribution in [3.8, 4) is 0 Å². The molecule has 1 fully saturated rings. The van der Waals surface area contributed by atoms with Gasteiger partial charge in [-0.25, -0.2) is 0 Å². The number of ether oxygens (including phenoxy) is 1. The van der Waals surface area contributed by atoms with E-state index in [-0.39, 0.29) is 0 Å². The van der Waals surface area contributed by atoms with Gasteiger partial charge in [0.15, 0.2) is 5.11 Å². The van der Waals surface area contributed by atoms with Crippen LogP contribution in [0.5, 0.6) is 0 Å². The molecule has 0 aromatic carbocycles.